The molecule has 0 radical (unpaired) electrons. The summed E-state index contributed by atoms with van der Waals surface area (Å²) in [6, 6.07) is 8.03. The van der Waals surface area contributed by atoms with Gasteiger partial charge in [0.15, 0.2) is 0 Å². The number of allylic oxidation sites excluding steroid dienone is 3. The molecule has 1 nitrogen and oxygen atoms in total. The van der Waals surface area contributed by atoms with Gasteiger partial charge in [-0.15, -0.1) is 6.42 Å². The molecule has 0 N–H and O–H groups in total. The molecular weight excluding hydrogens is 206 g/mol. The van der Waals surface area contributed by atoms with Gasteiger partial charge in [0.1, 0.15) is 0 Å². The van der Waals surface area contributed by atoms with Crippen LogP contribution in [0.4, 0.5) is 0 Å². The third-order valence-corrected chi connectivity index (χ3v) is 2.84. The monoisotopic (exact) mass is 221 g/mol. The van der Waals surface area contributed by atoms with Crippen molar-refractivity contribution in [3.05, 3.63) is 65.9 Å². The third kappa shape index (κ3) is 2.16. The van der Waals surface area contributed by atoms with Crippen molar-refractivity contribution in [3.63, 3.8) is 0 Å². The number of likely N-dealkylation sites (N-methyl/N-ethyl adjacent to an activating group) is 1. The number of nitrogens with zero attached hydrogens (tertiary/aromatic N) is 1. The molecule has 2 rings (SSSR count). The van der Waals surface area contributed by atoms with E-state index >= 15 is 0 Å². The Hall–Kier alpha value is -2.20. The van der Waals surface area contributed by atoms with Crippen molar-refractivity contribution in [1.82, 2.24) is 4.90 Å². The van der Waals surface area contributed by atoms with Crippen molar-refractivity contribution < 1.29 is 0 Å². The molecule has 0 amide bonds. The van der Waals surface area contributed by atoms with Crippen LogP contribution < -0.4 is 0 Å². The quantitative estimate of drug-likeness (QED) is 0.692. The van der Waals surface area contributed by atoms with Crippen LogP contribution in [-0.4, -0.2) is 11.4 Å². The second-order valence-corrected chi connectivity index (χ2v) is 3.87. The summed E-state index contributed by atoms with van der Waals surface area (Å²) < 4.78 is 0. The van der Waals surface area contributed by atoms with Crippen LogP contribution in [0.25, 0.3) is 5.70 Å². The highest BCUT2D eigenvalue weighted by atomic mass is 15.1. The fourth-order valence-electron chi connectivity index (χ4n) is 1.95. The first kappa shape index (κ1) is 11.3. The summed E-state index contributed by atoms with van der Waals surface area (Å²) >= 11 is 0. The van der Waals surface area contributed by atoms with E-state index in [4.69, 9.17) is 6.42 Å². The zero-order valence-corrected chi connectivity index (χ0v) is 9.98. The molecule has 0 saturated heterocycles. The molecule has 17 heavy (non-hydrogen) atoms. The maximum atomic E-state index is 5.35. The van der Waals surface area contributed by atoms with E-state index in [0.717, 1.165) is 23.4 Å². The lowest BCUT2D eigenvalue weighted by Crippen LogP contribution is -2.21. The van der Waals surface area contributed by atoms with Crippen LogP contribution in [-0.2, 0) is 0 Å². The molecule has 0 atom stereocenters. The van der Waals surface area contributed by atoms with Gasteiger partial charge in [0, 0.05) is 23.5 Å². The maximum Gasteiger partial charge on any atom is 0.0484 e. The third-order valence-electron chi connectivity index (χ3n) is 2.84. The van der Waals surface area contributed by atoms with E-state index in [1.54, 1.807) is 0 Å². The molecule has 0 unspecified atom stereocenters. The van der Waals surface area contributed by atoms with Crippen LogP contribution in [0.3, 0.4) is 0 Å². The maximum absolute atomic E-state index is 5.35. The Morgan fingerprint density at radius 3 is 2.59 bits per heavy atom. The molecule has 1 aromatic rings. The lowest BCUT2D eigenvalue weighted by molar-refractivity contribution is 0.530. The fraction of sp³-hybridized carbons (Fsp3) is 0.125. The van der Waals surface area contributed by atoms with Gasteiger partial charge < -0.3 is 4.90 Å². The molecule has 1 aliphatic rings. The van der Waals surface area contributed by atoms with Crippen LogP contribution in [0.5, 0.6) is 0 Å². The van der Waals surface area contributed by atoms with E-state index < -0.39 is 0 Å². The summed E-state index contributed by atoms with van der Waals surface area (Å²) in [5, 5.41) is 0. The van der Waals surface area contributed by atoms with Gasteiger partial charge in [-0.3, -0.25) is 0 Å². The zero-order valence-electron chi connectivity index (χ0n) is 9.98. The Balaban J connectivity index is 2.38. The second-order valence-electron chi connectivity index (χ2n) is 3.87. The average Bonchev–Trinajstić information content (AvgIpc) is 2.38. The molecule has 0 fully saturated rings. The Kier molecular flexibility index (Phi) is 3.16. The summed E-state index contributed by atoms with van der Waals surface area (Å²) in [6.07, 6.45) is 11.5. The smallest absolute Gasteiger partial charge is 0.0484 e. The summed E-state index contributed by atoms with van der Waals surface area (Å²) in [5.74, 6) is 2.63. The minimum Gasteiger partial charge on any atom is -0.342 e. The van der Waals surface area contributed by atoms with E-state index in [2.05, 4.69) is 42.5 Å². The van der Waals surface area contributed by atoms with Crippen molar-refractivity contribution in [2.24, 2.45) is 0 Å². The molecule has 1 aliphatic heterocycles. The van der Waals surface area contributed by atoms with Gasteiger partial charge in [0.2, 0.25) is 0 Å². The Morgan fingerprint density at radius 1 is 1.29 bits per heavy atom. The molecule has 84 valence electrons. The predicted molar refractivity (Wildman–Crippen MR) is 73.0 cm³/mol. The van der Waals surface area contributed by atoms with E-state index in [0.29, 0.717) is 0 Å². The molecule has 0 saturated carbocycles. The topological polar surface area (TPSA) is 3.24 Å². The SMILES string of the molecule is C#Cc1ccc(C2=CC=CC(=C)N2CC)cc1. The van der Waals surface area contributed by atoms with Crippen molar-refractivity contribution in [1.29, 1.82) is 0 Å². The normalized spacial score (nSPS) is 14.5. The highest BCUT2D eigenvalue weighted by molar-refractivity contribution is 5.70. The van der Waals surface area contributed by atoms with Crippen molar-refractivity contribution in [2.75, 3.05) is 6.54 Å². The first-order valence-corrected chi connectivity index (χ1v) is 5.68. The Morgan fingerprint density at radius 2 is 2.00 bits per heavy atom. The van der Waals surface area contributed by atoms with Crippen LogP contribution in [0, 0.1) is 12.3 Å². The highest BCUT2D eigenvalue weighted by Gasteiger charge is 2.13. The molecule has 0 aliphatic carbocycles. The molecular formula is C16H15N. The first-order valence-electron chi connectivity index (χ1n) is 5.68. The lowest BCUT2D eigenvalue weighted by Gasteiger charge is -2.28. The van der Waals surface area contributed by atoms with Gasteiger partial charge >= 0.3 is 0 Å². The summed E-state index contributed by atoms with van der Waals surface area (Å²) in [6.45, 7) is 7.07. The summed E-state index contributed by atoms with van der Waals surface area (Å²) in [5.41, 5.74) is 4.26. The van der Waals surface area contributed by atoms with Gasteiger partial charge in [0.05, 0.1) is 0 Å². The van der Waals surface area contributed by atoms with Crippen LogP contribution in [0.15, 0.2) is 54.8 Å². The van der Waals surface area contributed by atoms with Crippen LogP contribution in [0.1, 0.15) is 18.1 Å². The van der Waals surface area contributed by atoms with Gasteiger partial charge in [-0.25, -0.2) is 0 Å². The minimum absolute atomic E-state index is 0.905. The average molecular weight is 221 g/mol. The van der Waals surface area contributed by atoms with E-state index in [1.165, 1.54) is 5.70 Å². The summed E-state index contributed by atoms with van der Waals surface area (Å²) in [4.78, 5) is 2.19. The molecule has 1 heteroatoms. The number of terminal acetylenes is 1. The van der Waals surface area contributed by atoms with Gasteiger partial charge in [-0.1, -0.05) is 30.7 Å². The van der Waals surface area contributed by atoms with E-state index in [-0.39, 0.29) is 0 Å². The fourth-order valence-corrected chi connectivity index (χ4v) is 1.95. The van der Waals surface area contributed by atoms with Crippen molar-refractivity contribution in [3.8, 4) is 12.3 Å². The van der Waals surface area contributed by atoms with E-state index in [1.807, 2.05) is 24.3 Å². The van der Waals surface area contributed by atoms with Gasteiger partial charge in [0.25, 0.3) is 0 Å². The lowest BCUT2D eigenvalue weighted by atomic mass is 10.1. The molecule has 0 spiro atoms. The van der Waals surface area contributed by atoms with Crippen molar-refractivity contribution >= 4 is 5.70 Å². The first-order chi connectivity index (χ1) is 8.26. The van der Waals surface area contributed by atoms with Gasteiger partial charge in [-0.2, -0.15) is 0 Å². The number of hydrogen-bond acceptors (Lipinski definition) is 1. The van der Waals surface area contributed by atoms with Gasteiger partial charge in [-0.05, 0) is 36.8 Å². The van der Waals surface area contributed by atoms with Crippen molar-refractivity contribution in [2.45, 2.75) is 6.92 Å². The minimum atomic E-state index is 0.905. The Bertz CT molecular complexity index is 524. The molecule has 0 bridgehead atoms. The predicted octanol–water partition coefficient (Wildman–Crippen LogP) is 3.41. The van der Waals surface area contributed by atoms with E-state index in [9.17, 15) is 0 Å². The molecule has 1 heterocycles. The number of hydrogen-bond donors (Lipinski definition) is 0. The highest BCUT2D eigenvalue weighted by Crippen LogP contribution is 2.26. The Labute approximate surface area is 103 Å². The zero-order chi connectivity index (χ0) is 12.3. The molecule has 1 aromatic carbocycles. The van der Waals surface area contributed by atoms with Crippen LogP contribution >= 0.6 is 0 Å². The number of rotatable bonds is 2. The second kappa shape index (κ2) is 4.76. The number of benzene rings is 1. The van der Waals surface area contributed by atoms with Crippen LogP contribution in [0.2, 0.25) is 0 Å². The largest absolute Gasteiger partial charge is 0.342 e. The molecule has 0 aromatic heterocycles. The standard InChI is InChI=1S/C16H15N/c1-4-14-9-11-15(12-10-14)16-8-6-7-13(3)17(16)5-2/h1,6-12H,3,5H2,2H3. The summed E-state index contributed by atoms with van der Waals surface area (Å²) in [7, 11) is 0.